The third-order valence-corrected chi connectivity index (χ3v) is 4.31. The Balaban J connectivity index is 1.83. The molecule has 1 aromatic carbocycles. The molecule has 0 aliphatic heterocycles. The first-order valence-electron chi connectivity index (χ1n) is 9.46. The van der Waals surface area contributed by atoms with Crippen LogP contribution in [-0.4, -0.2) is 35.1 Å². The number of nitrogens with zero attached hydrogens (tertiary/aromatic N) is 2. The molecule has 0 bridgehead atoms. The lowest BCUT2D eigenvalue weighted by molar-refractivity contribution is -0.122. The van der Waals surface area contributed by atoms with Crippen molar-refractivity contribution in [1.82, 2.24) is 15.5 Å². The van der Waals surface area contributed by atoms with E-state index in [-0.39, 0.29) is 24.3 Å². The van der Waals surface area contributed by atoms with E-state index in [0.29, 0.717) is 40.3 Å². The predicted octanol–water partition coefficient (Wildman–Crippen LogP) is 3.42. The van der Waals surface area contributed by atoms with Gasteiger partial charge in [0.1, 0.15) is 5.75 Å². The topological polar surface area (TPSA) is 106 Å². The van der Waals surface area contributed by atoms with E-state index in [2.05, 4.69) is 20.8 Å². The Labute approximate surface area is 168 Å². The molecule has 152 valence electrons. The number of benzene rings is 1. The summed E-state index contributed by atoms with van der Waals surface area (Å²) in [4.78, 5) is 29.0. The maximum atomic E-state index is 13.0. The molecular weight excluding hydrogens is 372 g/mol. The Kier molecular flexibility index (Phi) is 6.11. The van der Waals surface area contributed by atoms with Crippen LogP contribution in [0.4, 0.5) is 5.69 Å². The maximum absolute atomic E-state index is 13.0. The Hall–Kier alpha value is -3.42. The standard InChI is InChI=1S/C21H24N4O4/c1-5-22-18(26)11-28-15-8-6-7-14(9-15)23-20(27)16-10-17(12(2)3)24-21-19(16)13(4)25-29-21/h6-10,12H,5,11H2,1-4H3,(H,22,26)(H,23,27). The fourth-order valence-corrected chi connectivity index (χ4v) is 2.85. The zero-order valence-corrected chi connectivity index (χ0v) is 16.9. The summed E-state index contributed by atoms with van der Waals surface area (Å²) >= 11 is 0. The molecule has 29 heavy (non-hydrogen) atoms. The molecule has 0 saturated carbocycles. The van der Waals surface area contributed by atoms with Crippen molar-refractivity contribution >= 4 is 28.6 Å². The third kappa shape index (κ3) is 4.71. The van der Waals surface area contributed by atoms with E-state index in [9.17, 15) is 9.59 Å². The van der Waals surface area contributed by atoms with Crippen LogP contribution in [0.2, 0.25) is 0 Å². The van der Waals surface area contributed by atoms with Crippen LogP contribution < -0.4 is 15.4 Å². The second-order valence-electron chi connectivity index (χ2n) is 6.92. The normalized spacial score (nSPS) is 10.9. The highest BCUT2D eigenvalue weighted by Crippen LogP contribution is 2.26. The van der Waals surface area contributed by atoms with E-state index in [0.717, 1.165) is 5.69 Å². The number of aromatic nitrogens is 2. The minimum atomic E-state index is -0.300. The van der Waals surface area contributed by atoms with Crippen LogP contribution in [0, 0.1) is 6.92 Å². The molecule has 0 atom stereocenters. The average molecular weight is 396 g/mol. The fourth-order valence-electron chi connectivity index (χ4n) is 2.85. The van der Waals surface area contributed by atoms with Gasteiger partial charge in [-0.3, -0.25) is 9.59 Å². The second kappa shape index (κ2) is 8.72. The zero-order valence-electron chi connectivity index (χ0n) is 16.9. The van der Waals surface area contributed by atoms with Crippen LogP contribution in [-0.2, 0) is 4.79 Å². The van der Waals surface area contributed by atoms with Gasteiger partial charge < -0.3 is 19.9 Å². The van der Waals surface area contributed by atoms with Gasteiger partial charge in [-0.1, -0.05) is 25.1 Å². The molecule has 0 saturated heterocycles. The number of ether oxygens (including phenoxy) is 1. The number of rotatable bonds is 7. The molecule has 3 aromatic rings. The molecular formula is C21H24N4O4. The van der Waals surface area contributed by atoms with Crippen molar-refractivity contribution in [2.45, 2.75) is 33.6 Å². The van der Waals surface area contributed by atoms with Gasteiger partial charge in [0.05, 0.1) is 16.6 Å². The van der Waals surface area contributed by atoms with E-state index in [1.807, 2.05) is 20.8 Å². The van der Waals surface area contributed by atoms with Crippen molar-refractivity contribution in [2.24, 2.45) is 0 Å². The average Bonchev–Trinajstić information content (AvgIpc) is 3.07. The molecule has 0 spiro atoms. The Bertz CT molecular complexity index is 1040. The highest BCUT2D eigenvalue weighted by Gasteiger charge is 2.20. The third-order valence-electron chi connectivity index (χ3n) is 4.31. The predicted molar refractivity (Wildman–Crippen MR) is 109 cm³/mol. The highest BCUT2D eigenvalue weighted by molar-refractivity contribution is 6.12. The molecule has 2 amide bonds. The molecule has 0 aliphatic carbocycles. The summed E-state index contributed by atoms with van der Waals surface area (Å²) in [6, 6.07) is 8.65. The molecule has 0 fully saturated rings. The number of hydrogen-bond acceptors (Lipinski definition) is 6. The maximum Gasteiger partial charge on any atom is 0.259 e. The van der Waals surface area contributed by atoms with Crippen molar-refractivity contribution in [3.8, 4) is 5.75 Å². The summed E-state index contributed by atoms with van der Waals surface area (Å²) in [5, 5.41) is 10.1. The van der Waals surface area contributed by atoms with Gasteiger partial charge in [0, 0.05) is 24.0 Å². The number of nitrogens with one attached hydrogen (secondary N) is 2. The number of hydrogen-bond donors (Lipinski definition) is 2. The minimum Gasteiger partial charge on any atom is -0.484 e. The molecule has 2 N–H and O–H groups in total. The monoisotopic (exact) mass is 396 g/mol. The number of fused-ring (bicyclic) bond motifs is 1. The highest BCUT2D eigenvalue weighted by atomic mass is 16.5. The van der Waals surface area contributed by atoms with Gasteiger partial charge in [-0.15, -0.1) is 0 Å². The van der Waals surface area contributed by atoms with Gasteiger partial charge in [-0.2, -0.15) is 0 Å². The molecule has 3 rings (SSSR count). The minimum absolute atomic E-state index is 0.0894. The molecule has 2 heterocycles. The van der Waals surface area contributed by atoms with Gasteiger partial charge in [0.25, 0.3) is 17.5 Å². The SMILES string of the molecule is CCNC(=O)COc1cccc(NC(=O)c2cc(C(C)C)nc3onc(C)c23)c1. The second-order valence-corrected chi connectivity index (χ2v) is 6.92. The van der Waals surface area contributed by atoms with E-state index >= 15 is 0 Å². The van der Waals surface area contributed by atoms with Crippen LogP contribution in [0.3, 0.4) is 0 Å². The smallest absolute Gasteiger partial charge is 0.259 e. The molecule has 0 radical (unpaired) electrons. The fraction of sp³-hybridized carbons (Fsp3) is 0.333. The Morgan fingerprint density at radius 1 is 1.24 bits per heavy atom. The Morgan fingerprint density at radius 2 is 2.03 bits per heavy atom. The van der Waals surface area contributed by atoms with Crippen LogP contribution in [0.25, 0.3) is 11.1 Å². The summed E-state index contributed by atoms with van der Waals surface area (Å²) in [6.07, 6.45) is 0. The van der Waals surface area contributed by atoms with E-state index < -0.39 is 0 Å². The van der Waals surface area contributed by atoms with Gasteiger partial charge in [0.15, 0.2) is 6.61 Å². The van der Waals surface area contributed by atoms with Crippen molar-refractivity contribution in [3.63, 3.8) is 0 Å². The summed E-state index contributed by atoms with van der Waals surface area (Å²) in [5.41, 5.74) is 2.70. The largest absolute Gasteiger partial charge is 0.484 e. The van der Waals surface area contributed by atoms with Crippen molar-refractivity contribution in [2.75, 3.05) is 18.5 Å². The van der Waals surface area contributed by atoms with Crippen LogP contribution in [0.5, 0.6) is 5.75 Å². The summed E-state index contributed by atoms with van der Waals surface area (Å²) in [6.45, 7) is 8.05. The lowest BCUT2D eigenvalue weighted by Crippen LogP contribution is -2.28. The summed E-state index contributed by atoms with van der Waals surface area (Å²) in [5.74, 6) is 0.108. The molecule has 8 nitrogen and oxygen atoms in total. The molecule has 8 heteroatoms. The van der Waals surface area contributed by atoms with Crippen LogP contribution in [0.1, 0.15) is 48.4 Å². The zero-order chi connectivity index (χ0) is 21.0. The van der Waals surface area contributed by atoms with E-state index in [4.69, 9.17) is 9.26 Å². The molecule has 2 aromatic heterocycles. The number of likely N-dealkylation sites (N-methyl/N-ethyl adjacent to an activating group) is 1. The first kappa shape index (κ1) is 20.3. The van der Waals surface area contributed by atoms with Crippen molar-refractivity contribution in [1.29, 1.82) is 0 Å². The quantitative estimate of drug-likeness (QED) is 0.634. The number of pyridine rings is 1. The van der Waals surface area contributed by atoms with Gasteiger partial charge >= 0.3 is 0 Å². The Morgan fingerprint density at radius 3 is 2.76 bits per heavy atom. The number of carbonyl (C=O) groups excluding carboxylic acids is 2. The van der Waals surface area contributed by atoms with Gasteiger partial charge in [-0.05, 0) is 38.0 Å². The number of aryl methyl sites for hydroxylation is 1. The molecule has 0 unspecified atom stereocenters. The summed E-state index contributed by atoms with van der Waals surface area (Å²) in [7, 11) is 0. The first-order valence-corrected chi connectivity index (χ1v) is 9.46. The lowest BCUT2D eigenvalue weighted by atomic mass is 10.0. The summed E-state index contributed by atoms with van der Waals surface area (Å²) < 4.78 is 10.8. The number of amides is 2. The van der Waals surface area contributed by atoms with Crippen molar-refractivity contribution in [3.05, 3.63) is 47.3 Å². The first-order chi connectivity index (χ1) is 13.9. The number of anilines is 1. The lowest BCUT2D eigenvalue weighted by Gasteiger charge is -2.11. The van der Waals surface area contributed by atoms with E-state index in [1.165, 1.54) is 0 Å². The van der Waals surface area contributed by atoms with Crippen LogP contribution in [0.15, 0.2) is 34.9 Å². The van der Waals surface area contributed by atoms with Crippen LogP contribution >= 0.6 is 0 Å². The molecule has 0 aliphatic rings. The van der Waals surface area contributed by atoms with Gasteiger partial charge in [0.2, 0.25) is 0 Å². The number of carbonyl (C=O) groups is 2. The van der Waals surface area contributed by atoms with E-state index in [1.54, 1.807) is 37.3 Å². The van der Waals surface area contributed by atoms with Crippen molar-refractivity contribution < 1.29 is 18.8 Å². The van der Waals surface area contributed by atoms with Gasteiger partial charge in [-0.25, -0.2) is 4.98 Å².